The van der Waals surface area contributed by atoms with Gasteiger partial charge in [0.05, 0.1) is 0 Å². The molecule has 0 bridgehead atoms. The first kappa shape index (κ1) is 11.3. The molecule has 0 amide bonds. The zero-order valence-corrected chi connectivity index (χ0v) is 8.90. The molecule has 14 heavy (non-hydrogen) atoms. The Hall–Kier alpha value is -0.825. The quantitative estimate of drug-likeness (QED) is 0.612. The van der Waals surface area contributed by atoms with Gasteiger partial charge in [0.1, 0.15) is 12.3 Å². The van der Waals surface area contributed by atoms with Crippen LogP contribution in [0.25, 0.3) is 0 Å². The summed E-state index contributed by atoms with van der Waals surface area (Å²) in [4.78, 5) is 0. The summed E-state index contributed by atoms with van der Waals surface area (Å²) in [5.41, 5.74) is 2.06. The number of pyridine rings is 1. The summed E-state index contributed by atoms with van der Waals surface area (Å²) in [6.07, 6.45) is 4.31. The van der Waals surface area contributed by atoms with Crippen molar-refractivity contribution in [3.63, 3.8) is 0 Å². The first-order chi connectivity index (χ1) is 6.79. The number of aliphatic hydroxyl groups excluding tert-OH is 1. The molecule has 1 aliphatic carbocycles. The van der Waals surface area contributed by atoms with E-state index in [1.165, 1.54) is 10.0 Å². The highest BCUT2D eigenvalue weighted by atomic mass is 16.3. The number of rotatable bonds is 0. The highest BCUT2D eigenvalue weighted by Gasteiger charge is 2.25. The van der Waals surface area contributed by atoms with Crippen LogP contribution in [0.2, 0.25) is 0 Å². The Labute approximate surface area is 87.0 Å². The van der Waals surface area contributed by atoms with Gasteiger partial charge in [0, 0.05) is 5.56 Å². The van der Waals surface area contributed by atoms with Crippen molar-refractivity contribution in [3.8, 4) is 0 Å². The zero-order chi connectivity index (χ0) is 10.6. The molecule has 1 N–H and O–H groups in total. The second kappa shape index (κ2) is 5.15. The standard InChI is InChI=1S/C9H11BNO.C2H6/c10-11-6-2-4-7-3-1-5-8(12)9(7)11;1-2/h2,4,6,8,12H,1,3,5H2;1-2H3/q+1;. The monoisotopic (exact) mass is 190 g/mol. The lowest BCUT2D eigenvalue weighted by Gasteiger charge is -2.17. The fourth-order valence-electron chi connectivity index (χ4n) is 1.80. The van der Waals surface area contributed by atoms with E-state index in [0.717, 1.165) is 25.0 Å². The Kier molecular flexibility index (Phi) is 4.14. The van der Waals surface area contributed by atoms with Crippen LogP contribution in [0.3, 0.4) is 0 Å². The van der Waals surface area contributed by atoms with E-state index in [1.54, 1.807) is 6.20 Å². The molecule has 0 spiro atoms. The maximum absolute atomic E-state index is 9.64. The fourth-order valence-corrected chi connectivity index (χ4v) is 1.80. The van der Waals surface area contributed by atoms with Gasteiger partial charge in [0.25, 0.3) is 0 Å². The van der Waals surface area contributed by atoms with Crippen LogP contribution in [0.15, 0.2) is 18.3 Å². The molecule has 2 nitrogen and oxygen atoms in total. The number of hydrogen-bond donors (Lipinski definition) is 1. The molecule has 2 rings (SSSR count). The second-order valence-electron chi connectivity index (χ2n) is 3.23. The van der Waals surface area contributed by atoms with Crippen molar-refractivity contribution in [2.45, 2.75) is 39.2 Å². The number of aliphatic hydroxyl groups is 1. The minimum absolute atomic E-state index is 0.375. The minimum atomic E-state index is -0.375. The summed E-state index contributed by atoms with van der Waals surface area (Å²) >= 11 is 0. The van der Waals surface area contributed by atoms with Gasteiger partial charge in [-0.15, -0.1) is 0 Å². The molecule has 0 fully saturated rings. The Bertz CT molecular complexity index is 301. The highest BCUT2D eigenvalue weighted by molar-refractivity contribution is 5.95. The van der Waals surface area contributed by atoms with E-state index in [2.05, 4.69) is 0 Å². The molecule has 2 radical (unpaired) electrons. The molecule has 1 aromatic heterocycles. The van der Waals surface area contributed by atoms with Gasteiger partial charge in [-0.3, -0.25) is 4.48 Å². The van der Waals surface area contributed by atoms with Crippen molar-refractivity contribution < 1.29 is 9.58 Å². The average molecular weight is 190 g/mol. The summed E-state index contributed by atoms with van der Waals surface area (Å²) < 4.78 is 1.53. The smallest absolute Gasteiger partial charge is 0.382 e. The van der Waals surface area contributed by atoms with Gasteiger partial charge in [-0.2, -0.15) is 0 Å². The van der Waals surface area contributed by atoms with Crippen molar-refractivity contribution in [1.29, 1.82) is 0 Å². The van der Waals surface area contributed by atoms with Crippen LogP contribution >= 0.6 is 0 Å². The van der Waals surface area contributed by atoms with E-state index < -0.39 is 0 Å². The van der Waals surface area contributed by atoms with Crippen LogP contribution in [-0.2, 0) is 6.42 Å². The molecule has 3 heteroatoms. The predicted molar refractivity (Wildman–Crippen MR) is 57.0 cm³/mol. The van der Waals surface area contributed by atoms with Crippen LogP contribution in [0.5, 0.6) is 0 Å². The Morgan fingerprint density at radius 3 is 2.86 bits per heavy atom. The number of fused-ring (bicyclic) bond motifs is 1. The van der Waals surface area contributed by atoms with Gasteiger partial charge in [-0.05, 0) is 31.4 Å². The Morgan fingerprint density at radius 2 is 2.21 bits per heavy atom. The Balaban J connectivity index is 0.000000461. The number of aromatic nitrogens is 1. The molecule has 0 saturated heterocycles. The van der Waals surface area contributed by atoms with Crippen LogP contribution in [0, 0.1) is 0 Å². The molecule has 74 valence electrons. The predicted octanol–water partition coefficient (Wildman–Crippen LogP) is 1.30. The Morgan fingerprint density at radius 1 is 1.50 bits per heavy atom. The van der Waals surface area contributed by atoms with Crippen molar-refractivity contribution in [1.82, 2.24) is 0 Å². The SMILES string of the molecule is CC.[B][n+]1cccc2c1C(O)CCC2. The minimum Gasteiger partial charge on any atom is -0.382 e. The lowest BCUT2D eigenvalue weighted by Crippen LogP contribution is -2.39. The van der Waals surface area contributed by atoms with Crippen LogP contribution in [-0.4, -0.2) is 13.1 Å². The molecule has 0 saturated carbocycles. The van der Waals surface area contributed by atoms with Gasteiger partial charge in [0.2, 0.25) is 0 Å². The van der Waals surface area contributed by atoms with Gasteiger partial charge >= 0.3 is 7.98 Å². The summed E-state index contributed by atoms with van der Waals surface area (Å²) in [5.74, 6) is 0. The molecule has 1 aromatic rings. The van der Waals surface area contributed by atoms with Crippen LogP contribution < -0.4 is 4.48 Å². The van der Waals surface area contributed by atoms with E-state index in [0.29, 0.717) is 0 Å². The molecule has 0 aliphatic heterocycles. The van der Waals surface area contributed by atoms with Gasteiger partial charge < -0.3 is 5.11 Å². The average Bonchev–Trinajstić information content (AvgIpc) is 2.21. The maximum Gasteiger partial charge on any atom is 0.586 e. The van der Waals surface area contributed by atoms with E-state index in [-0.39, 0.29) is 6.10 Å². The summed E-state index contributed by atoms with van der Waals surface area (Å²) in [5, 5.41) is 9.64. The lowest BCUT2D eigenvalue weighted by atomic mass is 9.92. The topological polar surface area (TPSA) is 24.1 Å². The molecular weight excluding hydrogens is 173 g/mol. The summed E-state index contributed by atoms with van der Waals surface area (Å²) in [6, 6.07) is 3.94. The third-order valence-electron chi connectivity index (χ3n) is 2.39. The lowest BCUT2D eigenvalue weighted by molar-refractivity contribution is -0.538. The molecule has 1 heterocycles. The zero-order valence-electron chi connectivity index (χ0n) is 8.90. The van der Waals surface area contributed by atoms with Gasteiger partial charge in [0.15, 0.2) is 5.69 Å². The largest absolute Gasteiger partial charge is 0.586 e. The first-order valence-electron chi connectivity index (χ1n) is 5.25. The van der Waals surface area contributed by atoms with E-state index in [4.69, 9.17) is 7.98 Å². The highest BCUT2D eigenvalue weighted by Crippen LogP contribution is 2.25. The second-order valence-corrected chi connectivity index (χ2v) is 3.23. The number of hydrogen-bond acceptors (Lipinski definition) is 1. The van der Waals surface area contributed by atoms with Crippen LogP contribution in [0.4, 0.5) is 0 Å². The number of aryl methyl sites for hydroxylation is 1. The fraction of sp³-hybridized carbons (Fsp3) is 0.545. The molecule has 0 aromatic carbocycles. The summed E-state index contributed by atoms with van der Waals surface area (Å²) in [7, 11) is 5.69. The normalized spacial score (nSPS) is 19.2. The molecule has 1 aliphatic rings. The molecule has 1 atom stereocenters. The molecule has 1 unspecified atom stereocenters. The third kappa shape index (κ3) is 2.15. The van der Waals surface area contributed by atoms with Crippen molar-refractivity contribution in [3.05, 3.63) is 29.6 Å². The van der Waals surface area contributed by atoms with Crippen molar-refractivity contribution >= 4 is 7.98 Å². The van der Waals surface area contributed by atoms with E-state index >= 15 is 0 Å². The van der Waals surface area contributed by atoms with Crippen molar-refractivity contribution in [2.24, 2.45) is 0 Å². The summed E-state index contributed by atoms with van der Waals surface area (Å²) in [6.45, 7) is 4.00. The van der Waals surface area contributed by atoms with Gasteiger partial charge in [-0.25, -0.2) is 0 Å². The maximum atomic E-state index is 9.64. The third-order valence-corrected chi connectivity index (χ3v) is 2.39. The van der Waals surface area contributed by atoms with E-state index in [1.807, 2.05) is 26.0 Å². The molecular formula is C11H17BNO+. The van der Waals surface area contributed by atoms with E-state index in [9.17, 15) is 5.11 Å². The first-order valence-corrected chi connectivity index (χ1v) is 5.25. The van der Waals surface area contributed by atoms with Crippen LogP contribution in [0.1, 0.15) is 44.1 Å². The van der Waals surface area contributed by atoms with Crippen molar-refractivity contribution in [2.75, 3.05) is 0 Å². The number of nitrogens with zero attached hydrogens (tertiary/aromatic N) is 1. The van der Waals surface area contributed by atoms with Gasteiger partial charge in [-0.1, -0.05) is 13.8 Å².